The number of halogens is 3. The minimum atomic E-state index is -4.62. The van der Waals surface area contributed by atoms with Crippen molar-refractivity contribution in [3.05, 3.63) is 64.2 Å². The fourth-order valence-corrected chi connectivity index (χ4v) is 1.90. The smallest absolute Gasteiger partial charge is 0.418 e. The predicted octanol–water partition coefficient (Wildman–Crippen LogP) is 3.63. The molecular weight excluding hydrogens is 329 g/mol. The summed E-state index contributed by atoms with van der Waals surface area (Å²) in [5.41, 5.74) is -1.76. The molecule has 0 spiro atoms. The van der Waals surface area contributed by atoms with Gasteiger partial charge in [0.2, 0.25) is 0 Å². The van der Waals surface area contributed by atoms with Crippen LogP contribution in [0.1, 0.15) is 5.56 Å². The molecule has 126 valence electrons. The molecule has 0 bridgehead atoms. The van der Waals surface area contributed by atoms with E-state index in [9.17, 15) is 28.1 Å². The molecule has 0 aliphatic heterocycles. The third-order valence-electron chi connectivity index (χ3n) is 2.93. The van der Waals surface area contributed by atoms with E-state index in [-0.39, 0.29) is 11.4 Å². The Morgan fingerprint density at radius 3 is 2.42 bits per heavy atom. The van der Waals surface area contributed by atoms with Gasteiger partial charge in [-0.05, 0) is 18.2 Å². The van der Waals surface area contributed by atoms with Crippen molar-refractivity contribution in [3.63, 3.8) is 0 Å². The molecule has 24 heavy (non-hydrogen) atoms. The van der Waals surface area contributed by atoms with Gasteiger partial charge in [-0.1, -0.05) is 24.3 Å². The molecule has 0 saturated heterocycles. The van der Waals surface area contributed by atoms with Gasteiger partial charge in [0.05, 0.1) is 16.2 Å². The van der Waals surface area contributed by atoms with Gasteiger partial charge in [0, 0.05) is 6.07 Å². The number of para-hydroxylation sites is 3. The fourth-order valence-electron chi connectivity index (χ4n) is 1.90. The van der Waals surface area contributed by atoms with Crippen molar-refractivity contribution in [1.29, 1.82) is 0 Å². The van der Waals surface area contributed by atoms with Crippen LogP contribution in [0.15, 0.2) is 48.5 Å². The summed E-state index contributed by atoms with van der Waals surface area (Å²) in [5, 5.41) is 12.9. The molecule has 0 aliphatic carbocycles. The number of alkyl halides is 3. The Morgan fingerprint density at radius 2 is 1.75 bits per heavy atom. The lowest BCUT2D eigenvalue weighted by Gasteiger charge is -2.13. The zero-order valence-electron chi connectivity index (χ0n) is 12.0. The topological polar surface area (TPSA) is 81.5 Å². The van der Waals surface area contributed by atoms with Gasteiger partial charge in [0.15, 0.2) is 12.4 Å². The van der Waals surface area contributed by atoms with Crippen LogP contribution in [-0.4, -0.2) is 17.4 Å². The van der Waals surface area contributed by atoms with Gasteiger partial charge in [-0.25, -0.2) is 0 Å². The number of carbonyl (C=O) groups is 1. The lowest BCUT2D eigenvalue weighted by Crippen LogP contribution is -2.22. The van der Waals surface area contributed by atoms with Crippen LogP contribution in [0.2, 0.25) is 0 Å². The molecule has 0 atom stereocenters. The minimum Gasteiger partial charge on any atom is -0.477 e. The largest absolute Gasteiger partial charge is 0.477 e. The SMILES string of the molecule is O=C(COc1ccccc1[N+](=O)[O-])Nc1ccccc1C(F)(F)F. The summed E-state index contributed by atoms with van der Waals surface area (Å²) in [5.74, 6) is -1.02. The first-order valence-electron chi connectivity index (χ1n) is 6.61. The first kappa shape index (κ1) is 17.3. The number of amides is 1. The summed E-state index contributed by atoms with van der Waals surface area (Å²) in [7, 11) is 0. The second kappa shape index (κ2) is 6.99. The Labute approximate surface area is 134 Å². The Morgan fingerprint density at radius 1 is 1.12 bits per heavy atom. The molecule has 2 rings (SSSR count). The average molecular weight is 340 g/mol. The first-order chi connectivity index (χ1) is 11.3. The Bertz CT molecular complexity index is 762. The van der Waals surface area contributed by atoms with Crippen molar-refractivity contribution in [3.8, 4) is 5.75 Å². The van der Waals surface area contributed by atoms with Gasteiger partial charge < -0.3 is 10.1 Å². The molecule has 0 aliphatic rings. The van der Waals surface area contributed by atoms with Crippen molar-refractivity contribution >= 4 is 17.3 Å². The number of hydrogen-bond acceptors (Lipinski definition) is 4. The van der Waals surface area contributed by atoms with Gasteiger partial charge >= 0.3 is 11.9 Å². The van der Waals surface area contributed by atoms with Crippen LogP contribution in [-0.2, 0) is 11.0 Å². The van der Waals surface area contributed by atoms with Crippen molar-refractivity contribution in [2.75, 3.05) is 11.9 Å². The van der Waals surface area contributed by atoms with E-state index in [4.69, 9.17) is 4.74 Å². The summed E-state index contributed by atoms with van der Waals surface area (Å²) < 4.78 is 43.5. The number of benzene rings is 2. The highest BCUT2D eigenvalue weighted by molar-refractivity contribution is 5.92. The number of nitrogens with zero attached hydrogens (tertiary/aromatic N) is 1. The molecule has 0 radical (unpaired) electrons. The van der Waals surface area contributed by atoms with Crippen LogP contribution >= 0.6 is 0 Å². The number of ether oxygens (including phenoxy) is 1. The van der Waals surface area contributed by atoms with Gasteiger partial charge in [0.1, 0.15) is 0 Å². The standard InChI is InChI=1S/C15H11F3N2O4/c16-15(17,18)10-5-1-2-6-11(10)19-14(21)9-24-13-8-4-3-7-12(13)20(22)23/h1-8H,9H2,(H,19,21). The summed E-state index contributed by atoms with van der Waals surface area (Å²) in [4.78, 5) is 21.9. The van der Waals surface area contributed by atoms with E-state index >= 15 is 0 Å². The lowest BCUT2D eigenvalue weighted by molar-refractivity contribution is -0.385. The summed E-state index contributed by atoms with van der Waals surface area (Å²) in [6.45, 7) is -0.670. The summed E-state index contributed by atoms with van der Waals surface area (Å²) >= 11 is 0. The second-order valence-electron chi connectivity index (χ2n) is 4.61. The average Bonchev–Trinajstić information content (AvgIpc) is 2.52. The number of anilines is 1. The number of nitro benzene ring substituents is 1. The van der Waals surface area contributed by atoms with E-state index in [0.29, 0.717) is 0 Å². The third kappa shape index (κ3) is 4.22. The van der Waals surface area contributed by atoms with Crippen LogP contribution < -0.4 is 10.1 Å². The number of nitro groups is 1. The Balaban J connectivity index is 2.07. The quantitative estimate of drug-likeness (QED) is 0.666. The number of rotatable bonds is 5. The van der Waals surface area contributed by atoms with E-state index < -0.39 is 34.9 Å². The molecule has 0 fully saturated rings. The number of hydrogen-bond donors (Lipinski definition) is 1. The van der Waals surface area contributed by atoms with Gasteiger partial charge in [0.25, 0.3) is 5.91 Å². The molecule has 2 aromatic carbocycles. The molecule has 6 nitrogen and oxygen atoms in total. The van der Waals surface area contributed by atoms with Crippen LogP contribution in [0.3, 0.4) is 0 Å². The molecule has 1 amide bonds. The zero-order chi connectivity index (χ0) is 17.7. The monoisotopic (exact) mass is 340 g/mol. The molecule has 0 heterocycles. The van der Waals surface area contributed by atoms with E-state index in [1.165, 1.54) is 36.4 Å². The van der Waals surface area contributed by atoms with Crippen LogP contribution in [0.4, 0.5) is 24.5 Å². The fraction of sp³-hybridized carbons (Fsp3) is 0.133. The lowest BCUT2D eigenvalue weighted by atomic mass is 10.1. The summed E-state index contributed by atoms with van der Waals surface area (Å²) in [6, 6.07) is 9.84. The predicted molar refractivity (Wildman–Crippen MR) is 78.7 cm³/mol. The Hall–Kier alpha value is -3.10. The van der Waals surface area contributed by atoms with Crippen LogP contribution in [0.5, 0.6) is 5.75 Å². The molecule has 9 heteroatoms. The molecule has 2 aromatic rings. The maximum absolute atomic E-state index is 12.8. The highest BCUT2D eigenvalue weighted by Gasteiger charge is 2.33. The number of nitrogens with one attached hydrogen (secondary N) is 1. The van der Waals surface area contributed by atoms with Crippen molar-refractivity contribution in [2.24, 2.45) is 0 Å². The molecule has 0 unspecified atom stereocenters. The highest BCUT2D eigenvalue weighted by Crippen LogP contribution is 2.34. The molecule has 0 saturated carbocycles. The number of carbonyl (C=O) groups excluding carboxylic acids is 1. The van der Waals surface area contributed by atoms with Gasteiger partial charge in [-0.2, -0.15) is 13.2 Å². The van der Waals surface area contributed by atoms with Crippen molar-refractivity contribution in [1.82, 2.24) is 0 Å². The maximum atomic E-state index is 12.8. The van der Waals surface area contributed by atoms with E-state index in [0.717, 1.165) is 12.1 Å². The van der Waals surface area contributed by atoms with Crippen molar-refractivity contribution in [2.45, 2.75) is 6.18 Å². The molecular formula is C15H11F3N2O4. The maximum Gasteiger partial charge on any atom is 0.418 e. The Kier molecular flexibility index (Phi) is 5.02. The van der Waals surface area contributed by atoms with E-state index in [2.05, 4.69) is 5.32 Å². The third-order valence-corrected chi connectivity index (χ3v) is 2.93. The molecule has 0 aromatic heterocycles. The van der Waals surface area contributed by atoms with Crippen LogP contribution in [0, 0.1) is 10.1 Å². The minimum absolute atomic E-state index is 0.151. The first-order valence-corrected chi connectivity index (χ1v) is 6.61. The normalized spacial score (nSPS) is 11.0. The second-order valence-corrected chi connectivity index (χ2v) is 4.61. The van der Waals surface area contributed by atoms with E-state index in [1.54, 1.807) is 0 Å². The summed E-state index contributed by atoms with van der Waals surface area (Å²) in [6.07, 6.45) is -4.62. The van der Waals surface area contributed by atoms with Gasteiger partial charge in [-0.15, -0.1) is 0 Å². The molecule has 1 N–H and O–H groups in total. The van der Waals surface area contributed by atoms with Crippen LogP contribution in [0.25, 0.3) is 0 Å². The van der Waals surface area contributed by atoms with E-state index in [1.807, 2.05) is 0 Å². The zero-order valence-corrected chi connectivity index (χ0v) is 12.0. The van der Waals surface area contributed by atoms with Gasteiger partial charge in [-0.3, -0.25) is 14.9 Å². The highest BCUT2D eigenvalue weighted by atomic mass is 19.4. The van der Waals surface area contributed by atoms with Crippen molar-refractivity contribution < 1.29 is 27.6 Å².